The number of pyridine rings is 4. The molecule has 9 aromatic rings. The molecule has 47 heavy (non-hydrogen) atoms. The van der Waals surface area contributed by atoms with Crippen molar-refractivity contribution in [1.82, 2.24) is 39.3 Å². The van der Waals surface area contributed by atoms with E-state index in [4.69, 9.17) is 24.9 Å². The first kappa shape index (κ1) is 26.7. The molecule has 0 unspecified atom stereocenters. The van der Waals surface area contributed by atoms with Crippen LogP contribution in [0.5, 0.6) is 0 Å². The van der Waals surface area contributed by atoms with Crippen LogP contribution >= 0.6 is 0 Å². The molecular formula is C39H24N8. The van der Waals surface area contributed by atoms with Gasteiger partial charge in [0.1, 0.15) is 22.6 Å². The molecule has 8 heteroatoms. The van der Waals surface area contributed by atoms with Crippen LogP contribution in [0.3, 0.4) is 0 Å². The number of aromatic nitrogens is 8. The number of hydrogen-bond donors (Lipinski definition) is 0. The summed E-state index contributed by atoms with van der Waals surface area (Å²) in [4.78, 5) is 33.5. The van der Waals surface area contributed by atoms with Gasteiger partial charge in [-0.1, -0.05) is 78.9 Å². The maximum Gasteiger partial charge on any atom is 0.182 e. The molecule has 6 heterocycles. The summed E-state index contributed by atoms with van der Waals surface area (Å²) in [5.74, 6) is 1.53. The van der Waals surface area contributed by atoms with Crippen molar-refractivity contribution in [3.63, 3.8) is 0 Å². The minimum absolute atomic E-state index is 0.490. The molecule has 3 aromatic carbocycles. The number of nitrogens with zero attached hydrogens (tertiary/aromatic N) is 8. The van der Waals surface area contributed by atoms with Crippen LogP contribution in [0.2, 0.25) is 0 Å². The van der Waals surface area contributed by atoms with Crippen LogP contribution < -0.4 is 0 Å². The van der Waals surface area contributed by atoms with Gasteiger partial charge in [-0.3, -0.25) is 14.4 Å². The van der Waals surface area contributed by atoms with E-state index in [0.717, 1.165) is 55.5 Å². The minimum Gasteiger partial charge on any atom is -0.284 e. The van der Waals surface area contributed by atoms with Gasteiger partial charge in [-0.15, -0.1) is 0 Å². The Hall–Kier alpha value is -6.67. The third kappa shape index (κ3) is 4.76. The first-order valence-corrected chi connectivity index (χ1v) is 15.2. The summed E-state index contributed by atoms with van der Waals surface area (Å²) < 4.78 is 2.05. The average molecular weight is 605 g/mol. The minimum atomic E-state index is 0.490. The van der Waals surface area contributed by atoms with E-state index in [1.807, 2.05) is 77.3 Å². The van der Waals surface area contributed by atoms with Gasteiger partial charge in [-0.05, 0) is 59.7 Å². The van der Waals surface area contributed by atoms with Crippen molar-refractivity contribution in [2.24, 2.45) is 0 Å². The molecule has 8 nitrogen and oxygen atoms in total. The van der Waals surface area contributed by atoms with Crippen molar-refractivity contribution in [3.05, 3.63) is 146 Å². The SMILES string of the molecule is c1ccc(-c2nc(-c3cccc(-c4cccc(-c5nc6c(nc7ccccn76)c6ccccc56)c4)c3)nc(-c3ccccn3)n2)nc1. The standard InChI is InChI=1S/C39H24N8/c1-2-16-30-29(15-1)34(43-39-35(30)42-33-19-5-8-22-47(33)39)27-13-9-11-25(23-27)26-12-10-14-28(24-26)36-44-37(31-17-3-6-20-40-31)46-38(45-36)32-18-4-7-21-41-32/h1-24H. The average Bonchev–Trinajstić information content (AvgIpc) is 3.54. The molecule has 0 N–H and O–H groups in total. The number of benzene rings is 3. The third-order valence-corrected chi connectivity index (χ3v) is 8.17. The highest BCUT2D eigenvalue weighted by molar-refractivity contribution is 6.09. The number of imidazole rings is 1. The molecule has 0 atom stereocenters. The van der Waals surface area contributed by atoms with Crippen molar-refractivity contribution in [1.29, 1.82) is 0 Å². The van der Waals surface area contributed by atoms with Gasteiger partial charge in [0.15, 0.2) is 23.1 Å². The molecule has 0 aliphatic rings. The quantitative estimate of drug-likeness (QED) is 0.195. The number of fused-ring (bicyclic) bond motifs is 5. The normalized spacial score (nSPS) is 11.4. The Balaban J connectivity index is 1.17. The summed E-state index contributed by atoms with van der Waals surface area (Å²) in [6.45, 7) is 0. The number of hydrogen-bond acceptors (Lipinski definition) is 7. The Kier molecular flexibility index (Phi) is 6.28. The zero-order valence-corrected chi connectivity index (χ0v) is 24.9. The highest BCUT2D eigenvalue weighted by Crippen LogP contribution is 2.35. The van der Waals surface area contributed by atoms with E-state index in [0.29, 0.717) is 28.9 Å². The Labute approximate surface area is 269 Å². The van der Waals surface area contributed by atoms with Gasteiger partial charge in [0, 0.05) is 40.5 Å². The first-order chi connectivity index (χ1) is 23.3. The molecule has 0 amide bonds. The van der Waals surface area contributed by atoms with Crippen molar-refractivity contribution >= 4 is 27.6 Å². The Morgan fingerprint density at radius 1 is 0.426 bits per heavy atom. The molecule has 0 fully saturated rings. The van der Waals surface area contributed by atoms with Gasteiger partial charge >= 0.3 is 0 Å². The lowest BCUT2D eigenvalue weighted by molar-refractivity contribution is 1.05. The van der Waals surface area contributed by atoms with Crippen LogP contribution in [0.1, 0.15) is 0 Å². The molecule has 0 saturated heterocycles. The maximum absolute atomic E-state index is 5.20. The molecule has 9 rings (SSSR count). The van der Waals surface area contributed by atoms with Crippen molar-refractivity contribution in [2.75, 3.05) is 0 Å². The second kappa shape index (κ2) is 11.0. The van der Waals surface area contributed by atoms with E-state index in [2.05, 4.69) is 70.6 Å². The summed E-state index contributed by atoms with van der Waals surface area (Å²) in [6.07, 6.45) is 5.48. The second-order valence-electron chi connectivity index (χ2n) is 11.1. The third-order valence-electron chi connectivity index (χ3n) is 8.17. The predicted molar refractivity (Wildman–Crippen MR) is 184 cm³/mol. The van der Waals surface area contributed by atoms with Gasteiger partial charge in [-0.2, -0.15) is 0 Å². The summed E-state index contributed by atoms with van der Waals surface area (Å²) in [5.41, 5.74) is 8.82. The Morgan fingerprint density at radius 2 is 1.02 bits per heavy atom. The van der Waals surface area contributed by atoms with E-state index >= 15 is 0 Å². The van der Waals surface area contributed by atoms with E-state index in [1.54, 1.807) is 12.4 Å². The molecule has 6 aromatic heterocycles. The summed E-state index contributed by atoms with van der Waals surface area (Å²) in [6, 6.07) is 42.5. The van der Waals surface area contributed by atoms with E-state index in [9.17, 15) is 0 Å². The largest absolute Gasteiger partial charge is 0.284 e. The topological polar surface area (TPSA) is 94.6 Å². The lowest BCUT2D eigenvalue weighted by Gasteiger charge is -2.11. The van der Waals surface area contributed by atoms with Crippen molar-refractivity contribution < 1.29 is 0 Å². The van der Waals surface area contributed by atoms with Gasteiger partial charge < -0.3 is 0 Å². The zero-order valence-electron chi connectivity index (χ0n) is 24.9. The van der Waals surface area contributed by atoms with E-state index in [-0.39, 0.29) is 0 Å². The summed E-state index contributed by atoms with van der Waals surface area (Å²) >= 11 is 0. The maximum atomic E-state index is 5.20. The monoisotopic (exact) mass is 604 g/mol. The highest BCUT2D eigenvalue weighted by Gasteiger charge is 2.17. The number of rotatable bonds is 5. The molecule has 220 valence electrons. The van der Waals surface area contributed by atoms with Crippen LogP contribution in [-0.2, 0) is 0 Å². The molecule has 0 aliphatic heterocycles. The van der Waals surface area contributed by atoms with E-state index in [1.165, 1.54) is 0 Å². The lowest BCUT2D eigenvalue weighted by atomic mass is 9.97. The van der Waals surface area contributed by atoms with Crippen LogP contribution in [0.15, 0.2) is 146 Å². The van der Waals surface area contributed by atoms with Crippen molar-refractivity contribution in [3.8, 4) is 56.8 Å². The summed E-state index contributed by atoms with van der Waals surface area (Å²) in [5, 5.41) is 2.13. The first-order valence-electron chi connectivity index (χ1n) is 15.2. The van der Waals surface area contributed by atoms with Crippen LogP contribution in [-0.4, -0.2) is 39.3 Å². The zero-order chi connectivity index (χ0) is 31.2. The Morgan fingerprint density at radius 3 is 1.72 bits per heavy atom. The molecular weight excluding hydrogens is 580 g/mol. The van der Waals surface area contributed by atoms with Gasteiger partial charge in [0.2, 0.25) is 0 Å². The molecule has 0 spiro atoms. The fourth-order valence-corrected chi connectivity index (χ4v) is 5.96. The molecule has 0 radical (unpaired) electrons. The Bertz CT molecular complexity index is 2520. The van der Waals surface area contributed by atoms with E-state index < -0.39 is 0 Å². The lowest BCUT2D eigenvalue weighted by Crippen LogP contribution is -2.01. The van der Waals surface area contributed by atoms with Crippen molar-refractivity contribution in [2.45, 2.75) is 0 Å². The second-order valence-corrected chi connectivity index (χ2v) is 11.1. The highest BCUT2D eigenvalue weighted by atomic mass is 15.1. The molecule has 0 bridgehead atoms. The molecule has 0 aliphatic carbocycles. The fraction of sp³-hybridized carbons (Fsp3) is 0. The summed E-state index contributed by atoms with van der Waals surface area (Å²) in [7, 11) is 0. The van der Waals surface area contributed by atoms with Crippen LogP contribution in [0.25, 0.3) is 84.4 Å². The van der Waals surface area contributed by atoms with Gasteiger partial charge in [0.25, 0.3) is 0 Å². The predicted octanol–water partition coefficient (Wildman–Crippen LogP) is 8.35. The van der Waals surface area contributed by atoms with Crippen LogP contribution in [0, 0.1) is 0 Å². The van der Waals surface area contributed by atoms with Gasteiger partial charge in [0.05, 0.1) is 5.69 Å². The smallest absolute Gasteiger partial charge is 0.182 e. The fourth-order valence-electron chi connectivity index (χ4n) is 5.96. The van der Waals surface area contributed by atoms with Gasteiger partial charge in [-0.25, -0.2) is 24.9 Å². The molecule has 0 saturated carbocycles. The van der Waals surface area contributed by atoms with Crippen LogP contribution in [0.4, 0.5) is 0 Å².